The monoisotopic (exact) mass is 461 g/mol. The largest absolute Gasteiger partial charge is 0.336 e. The van der Waals surface area contributed by atoms with Crippen molar-refractivity contribution in [2.45, 2.75) is 46.6 Å². The number of unbranched alkanes of at least 4 members (excludes halogenated alkanes) is 1. The maximum atomic E-state index is 13.4. The van der Waals surface area contributed by atoms with Crippen LogP contribution >= 0.6 is 11.3 Å². The summed E-state index contributed by atoms with van der Waals surface area (Å²) in [7, 11) is 0. The van der Waals surface area contributed by atoms with E-state index in [1.807, 2.05) is 50.2 Å². The van der Waals surface area contributed by atoms with Crippen molar-refractivity contribution in [2.75, 3.05) is 5.32 Å². The summed E-state index contributed by atoms with van der Waals surface area (Å²) in [4.78, 5) is 39.3. The Kier molecular flexibility index (Phi) is 6.60. The lowest BCUT2D eigenvalue weighted by Crippen LogP contribution is -2.40. The number of rotatable bonds is 7. The number of fused-ring (bicyclic) bond motifs is 1. The predicted octanol–water partition coefficient (Wildman–Crippen LogP) is 4.81. The lowest BCUT2D eigenvalue weighted by Gasteiger charge is -2.13. The van der Waals surface area contributed by atoms with Crippen LogP contribution in [-0.2, 0) is 17.8 Å². The van der Waals surface area contributed by atoms with Crippen molar-refractivity contribution in [1.29, 1.82) is 0 Å². The highest BCUT2D eigenvalue weighted by molar-refractivity contribution is 7.17. The van der Waals surface area contributed by atoms with E-state index in [0.29, 0.717) is 21.6 Å². The molecule has 1 amide bonds. The number of nitrogens with one attached hydrogen (secondary N) is 1. The molecule has 2 heterocycles. The summed E-state index contributed by atoms with van der Waals surface area (Å²) < 4.78 is 2.97. The van der Waals surface area contributed by atoms with Crippen molar-refractivity contribution < 1.29 is 4.79 Å². The smallest absolute Gasteiger partial charge is 0.325 e. The molecule has 4 aromatic rings. The van der Waals surface area contributed by atoms with Crippen LogP contribution in [0.25, 0.3) is 15.9 Å². The Labute approximate surface area is 196 Å². The van der Waals surface area contributed by atoms with Gasteiger partial charge in [-0.25, -0.2) is 9.36 Å². The molecule has 170 valence electrons. The second kappa shape index (κ2) is 9.58. The minimum absolute atomic E-state index is 0.186. The summed E-state index contributed by atoms with van der Waals surface area (Å²) in [6, 6.07) is 14.9. The van der Waals surface area contributed by atoms with Gasteiger partial charge in [0, 0.05) is 5.69 Å². The summed E-state index contributed by atoms with van der Waals surface area (Å²) in [6.45, 7) is 5.88. The van der Waals surface area contributed by atoms with Crippen LogP contribution in [0.5, 0.6) is 0 Å². The Hall–Kier alpha value is -3.45. The number of benzene rings is 2. The Bertz CT molecular complexity index is 1430. The third kappa shape index (κ3) is 4.68. The Morgan fingerprint density at radius 3 is 2.45 bits per heavy atom. The van der Waals surface area contributed by atoms with Crippen LogP contribution in [0.3, 0.4) is 0 Å². The average molecular weight is 462 g/mol. The standard InChI is InChI=1S/C26H27N3O3S/c1-4-5-6-19-8-10-20(11-9-19)27-23(30)16-28-22-13-14-33-24(22)25(31)29(26(28)32)21-12-7-17(2)18(3)15-21/h7-15H,4-6,16H2,1-3H3,(H,27,30). The molecule has 0 aliphatic heterocycles. The molecule has 6 nitrogen and oxygen atoms in total. The van der Waals surface area contributed by atoms with E-state index in [-0.39, 0.29) is 18.0 Å². The van der Waals surface area contributed by atoms with Gasteiger partial charge in [0.1, 0.15) is 11.2 Å². The molecule has 0 unspecified atom stereocenters. The first-order valence-electron chi connectivity index (χ1n) is 11.1. The number of amides is 1. The first kappa shape index (κ1) is 22.7. The fraction of sp³-hybridized carbons (Fsp3) is 0.269. The number of anilines is 1. The molecule has 0 aliphatic rings. The maximum absolute atomic E-state index is 13.4. The number of hydrogen-bond acceptors (Lipinski definition) is 4. The van der Waals surface area contributed by atoms with Crippen LogP contribution in [-0.4, -0.2) is 15.0 Å². The Balaban J connectivity index is 1.67. The third-order valence-corrected chi connectivity index (χ3v) is 6.75. The number of aryl methyl sites for hydroxylation is 3. The summed E-state index contributed by atoms with van der Waals surface area (Å²) >= 11 is 1.27. The molecule has 4 rings (SSSR count). The van der Waals surface area contributed by atoms with Gasteiger partial charge < -0.3 is 5.32 Å². The second-order valence-corrected chi connectivity index (χ2v) is 9.18. The van der Waals surface area contributed by atoms with Crippen molar-refractivity contribution in [3.63, 3.8) is 0 Å². The molecular formula is C26H27N3O3S. The van der Waals surface area contributed by atoms with Crippen LogP contribution < -0.4 is 16.6 Å². The predicted molar refractivity (Wildman–Crippen MR) is 135 cm³/mol. The minimum Gasteiger partial charge on any atom is -0.325 e. The molecule has 33 heavy (non-hydrogen) atoms. The van der Waals surface area contributed by atoms with Crippen LogP contribution in [0, 0.1) is 13.8 Å². The van der Waals surface area contributed by atoms with E-state index in [4.69, 9.17) is 0 Å². The highest BCUT2D eigenvalue weighted by Gasteiger charge is 2.18. The van der Waals surface area contributed by atoms with Gasteiger partial charge in [0.2, 0.25) is 5.91 Å². The molecule has 0 bridgehead atoms. The summed E-state index contributed by atoms with van der Waals surface area (Å²) in [5.41, 5.74) is 4.04. The van der Waals surface area contributed by atoms with Gasteiger partial charge in [0.05, 0.1) is 11.2 Å². The number of thiophene rings is 1. The summed E-state index contributed by atoms with van der Waals surface area (Å²) in [6.07, 6.45) is 3.27. The van der Waals surface area contributed by atoms with Gasteiger partial charge in [-0.05, 0) is 79.1 Å². The van der Waals surface area contributed by atoms with Gasteiger partial charge in [-0.2, -0.15) is 0 Å². The normalized spacial score (nSPS) is 11.1. The second-order valence-electron chi connectivity index (χ2n) is 8.26. The molecule has 2 aromatic heterocycles. The van der Waals surface area contributed by atoms with Crippen LogP contribution in [0.4, 0.5) is 5.69 Å². The summed E-state index contributed by atoms with van der Waals surface area (Å²) in [5, 5.41) is 4.63. The lowest BCUT2D eigenvalue weighted by atomic mass is 10.1. The molecular weight excluding hydrogens is 434 g/mol. The van der Waals surface area contributed by atoms with Crippen LogP contribution in [0.15, 0.2) is 63.5 Å². The van der Waals surface area contributed by atoms with Gasteiger partial charge in [0.25, 0.3) is 5.56 Å². The van der Waals surface area contributed by atoms with Crippen LogP contribution in [0.2, 0.25) is 0 Å². The molecule has 0 radical (unpaired) electrons. The molecule has 7 heteroatoms. The quantitative estimate of drug-likeness (QED) is 0.429. The third-order valence-electron chi connectivity index (χ3n) is 5.86. The zero-order chi connectivity index (χ0) is 23.5. The van der Waals surface area contributed by atoms with E-state index in [0.717, 1.165) is 35.0 Å². The first-order chi connectivity index (χ1) is 15.9. The fourth-order valence-corrected chi connectivity index (χ4v) is 4.64. The molecule has 0 saturated carbocycles. The minimum atomic E-state index is -0.529. The van der Waals surface area contributed by atoms with Gasteiger partial charge in [-0.1, -0.05) is 31.5 Å². The van der Waals surface area contributed by atoms with Crippen LogP contribution in [0.1, 0.15) is 36.5 Å². The highest BCUT2D eigenvalue weighted by atomic mass is 32.1. The van der Waals surface area contributed by atoms with E-state index in [1.165, 1.54) is 21.5 Å². The maximum Gasteiger partial charge on any atom is 0.336 e. The van der Waals surface area contributed by atoms with Gasteiger partial charge >= 0.3 is 5.69 Å². The van der Waals surface area contributed by atoms with Gasteiger partial charge in [-0.3, -0.25) is 14.2 Å². The number of hydrogen-bond donors (Lipinski definition) is 1. The van der Waals surface area contributed by atoms with Gasteiger partial charge in [-0.15, -0.1) is 11.3 Å². The van der Waals surface area contributed by atoms with E-state index >= 15 is 0 Å². The molecule has 0 aliphatic carbocycles. The van der Waals surface area contributed by atoms with Crippen molar-refractivity contribution in [1.82, 2.24) is 9.13 Å². The first-order valence-corrected chi connectivity index (χ1v) is 12.0. The zero-order valence-electron chi connectivity index (χ0n) is 19.1. The van der Waals surface area contributed by atoms with E-state index in [9.17, 15) is 14.4 Å². The van der Waals surface area contributed by atoms with E-state index in [1.54, 1.807) is 17.5 Å². The number of carbonyl (C=O) groups is 1. The SMILES string of the molecule is CCCCc1ccc(NC(=O)Cn2c(=O)n(-c3ccc(C)c(C)c3)c(=O)c3sccc32)cc1. The van der Waals surface area contributed by atoms with Gasteiger partial charge in [0.15, 0.2) is 0 Å². The average Bonchev–Trinajstić information content (AvgIpc) is 3.29. The Morgan fingerprint density at radius 1 is 1.00 bits per heavy atom. The topological polar surface area (TPSA) is 73.1 Å². The lowest BCUT2D eigenvalue weighted by molar-refractivity contribution is -0.116. The van der Waals surface area contributed by atoms with Crippen molar-refractivity contribution >= 4 is 33.1 Å². The van der Waals surface area contributed by atoms with Crippen molar-refractivity contribution in [2.24, 2.45) is 0 Å². The Morgan fingerprint density at radius 2 is 1.76 bits per heavy atom. The molecule has 1 N–H and O–H groups in total. The van der Waals surface area contributed by atoms with Crippen molar-refractivity contribution in [3.8, 4) is 5.69 Å². The summed E-state index contributed by atoms with van der Waals surface area (Å²) in [5.74, 6) is -0.323. The number of nitrogens with zero attached hydrogens (tertiary/aromatic N) is 2. The van der Waals surface area contributed by atoms with E-state index in [2.05, 4.69) is 12.2 Å². The molecule has 0 atom stereocenters. The molecule has 0 saturated heterocycles. The fourth-order valence-electron chi connectivity index (χ4n) is 3.81. The number of carbonyl (C=O) groups excluding carboxylic acids is 1. The highest BCUT2D eigenvalue weighted by Crippen LogP contribution is 2.18. The van der Waals surface area contributed by atoms with Crippen molar-refractivity contribution in [3.05, 3.63) is 91.4 Å². The zero-order valence-corrected chi connectivity index (χ0v) is 19.9. The molecule has 0 spiro atoms. The molecule has 2 aromatic carbocycles. The number of aromatic nitrogens is 2. The van der Waals surface area contributed by atoms with E-state index < -0.39 is 5.69 Å². The molecule has 0 fully saturated rings.